The van der Waals surface area contributed by atoms with E-state index < -0.39 is 5.97 Å². The summed E-state index contributed by atoms with van der Waals surface area (Å²) in [7, 11) is 0. The second kappa shape index (κ2) is 3.06. The minimum absolute atomic E-state index is 0.299. The average Bonchev–Trinajstić information content (AvgIpc) is 2.17. The maximum absolute atomic E-state index is 10.6. The van der Waals surface area contributed by atoms with Crippen molar-refractivity contribution in [3.63, 3.8) is 0 Å². The number of benzene rings is 1. The minimum atomic E-state index is -0.906. The second-order valence-electron chi connectivity index (χ2n) is 2.85. The van der Waals surface area contributed by atoms with Gasteiger partial charge in [-0.1, -0.05) is 6.07 Å². The smallest absolute Gasteiger partial charge is 0.335 e. The Morgan fingerprint density at radius 3 is 3.15 bits per heavy atom. The summed E-state index contributed by atoms with van der Waals surface area (Å²) in [4.78, 5) is 10.6. The molecule has 4 heteroatoms. The van der Waals surface area contributed by atoms with E-state index in [1.54, 1.807) is 18.2 Å². The molecule has 0 atom stereocenters. The normalized spacial score (nSPS) is 14.5. The summed E-state index contributed by atoms with van der Waals surface area (Å²) in [5, 5.41) is 11.7. The molecule has 0 spiro atoms. The summed E-state index contributed by atoms with van der Waals surface area (Å²) in [5.41, 5.74) is 2.15. The van der Waals surface area contributed by atoms with Crippen LogP contribution in [-0.4, -0.2) is 17.8 Å². The Kier molecular flexibility index (Phi) is 1.90. The van der Waals surface area contributed by atoms with Crippen molar-refractivity contribution in [2.24, 2.45) is 0 Å². The van der Waals surface area contributed by atoms with Gasteiger partial charge in [-0.2, -0.15) is 0 Å². The molecule has 0 aromatic heterocycles. The highest BCUT2D eigenvalue weighted by molar-refractivity contribution is 5.89. The first-order valence-corrected chi connectivity index (χ1v) is 3.95. The Labute approximate surface area is 75.1 Å². The summed E-state index contributed by atoms with van der Waals surface area (Å²) in [5.74, 6) is -0.906. The third-order valence-electron chi connectivity index (χ3n) is 1.98. The van der Waals surface area contributed by atoms with Gasteiger partial charge in [0.2, 0.25) is 0 Å². The number of aromatic carboxylic acids is 1. The van der Waals surface area contributed by atoms with Gasteiger partial charge in [-0.15, -0.1) is 0 Å². The molecular weight excluding hydrogens is 170 g/mol. The van der Waals surface area contributed by atoms with Crippen LogP contribution in [0.1, 0.15) is 15.9 Å². The zero-order valence-electron chi connectivity index (χ0n) is 6.91. The largest absolute Gasteiger partial charge is 0.478 e. The predicted octanol–water partition coefficient (Wildman–Crippen LogP) is 1.28. The van der Waals surface area contributed by atoms with Crippen LogP contribution in [0.4, 0.5) is 5.69 Å². The molecule has 0 bridgehead atoms. The Hall–Kier alpha value is -1.55. The van der Waals surface area contributed by atoms with Gasteiger partial charge in [-0.3, -0.25) is 0 Å². The highest BCUT2D eigenvalue weighted by Gasteiger charge is 2.11. The summed E-state index contributed by atoms with van der Waals surface area (Å²) in [6, 6.07) is 4.97. The Morgan fingerprint density at radius 1 is 1.54 bits per heavy atom. The monoisotopic (exact) mass is 179 g/mol. The molecule has 0 radical (unpaired) electrons. The standard InChI is InChI=1S/C9H9NO3/c11-9(12)6-1-2-7-4-13-5-10-8(7)3-6/h1-3,10H,4-5H2,(H,11,12). The van der Waals surface area contributed by atoms with E-state index in [4.69, 9.17) is 9.84 Å². The molecule has 0 unspecified atom stereocenters. The first-order valence-electron chi connectivity index (χ1n) is 3.95. The molecule has 1 heterocycles. The van der Waals surface area contributed by atoms with Crippen LogP contribution in [0.5, 0.6) is 0 Å². The quantitative estimate of drug-likeness (QED) is 0.681. The maximum Gasteiger partial charge on any atom is 0.335 e. The number of anilines is 1. The maximum atomic E-state index is 10.6. The summed E-state index contributed by atoms with van der Waals surface area (Å²) >= 11 is 0. The van der Waals surface area contributed by atoms with Crippen molar-refractivity contribution in [1.29, 1.82) is 0 Å². The van der Waals surface area contributed by atoms with Crippen LogP contribution in [0.25, 0.3) is 0 Å². The Bertz CT molecular complexity index is 349. The van der Waals surface area contributed by atoms with Crippen LogP contribution in [0, 0.1) is 0 Å². The first kappa shape index (κ1) is 8.07. The van der Waals surface area contributed by atoms with Crippen LogP contribution >= 0.6 is 0 Å². The van der Waals surface area contributed by atoms with Crippen LogP contribution < -0.4 is 5.32 Å². The molecule has 1 aromatic carbocycles. The van der Waals surface area contributed by atoms with Crippen LogP contribution in [0.15, 0.2) is 18.2 Å². The molecule has 4 nitrogen and oxygen atoms in total. The third kappa shape index (κ3) is 1.48. The third-order valence-corrected chi connectivity index (χ3v) is 1.98. The molecule has 0 saturated carbocycles. The van der Waals surface area contributed by atoms with E-state index in [-0.39, 0.29) is 0 Å². The molecule has 68 valence electrons. The molecule has 0 amide bonds. The summed E-state index contributed by atoms with van der Waals surface area (Å²) in [6.45, 7) is 0.984. The predicted molar refractivity (Wildman–Crippen MR) is 46.7 cm³/mol. The van der Waals surface area contributed by atoms with Crippen molar-refractivity contribution < 1.29 is 14.6 Å². The van der Waals surface area contributed by atoms with E-state index in [9.17, 15) is 4.79 Å². The van der Waals surface area contributed by atoms with Crippen molar-refractivity contribution in [1.82, 2.24) is 0 Å². The van der Waals surface area contributed by atoms with E-state index in [1.165, 1.54) is 0 Å². The van der Waals surface area contributed by atoms with Crippen molar-refractivity contribution in [2.45, 2.75) is 6.61 Å². The van der Waals surface area contributed by atoms with E-state index in [0.717, 1.165) is 11.3 Å². The van der Waals surface area contributed by atoms with Gasteiger partial charge in [0.1, 0.15) is 6.73 Å². The molecule has 13 heavy (non-hydrogen) atoms. The summed E-state index contributed by atoms with van der Waals surface area (Å²) < 4.78 is 5.14. The van der Waals surface area contributed by atoms with Gasteiger partial charge < -0.3 is 15.2 Å². The molecule has 2 rings (SSSR count). The average molecular weight is 179 g/mol. The zero-order valence-corrected chi connectivity index (χ0v) is 6.91. The lowest BCUT2D eigenvalue weighted by Crippen LogP contribution is -2.15. The second-order valence-corrected chi connectivity index (χ2v) is 2.85. The SMILES string of the molecule is O=C(O)c1ccc2c(c1)NCOC2. The number of hydrogen-bond donors (Lipinski definition) is 2. The molecular formula is C9H9NO3. The lowest BCUT2D eigenvalue weighted by molar-refractivity contribution is 0.0696. The lowest BCUT2D eigenvalue weighted by atomic mass is 10.1. The van der Waals surface area contributed by atoms with Gasteiger partial charge in [0.05, 0.1) is 12.2 Å². The van der Waals surface area contributed by atoms with Gasteiger partial charge in [-0.05, 0) is 12.1 Å². The molecule has 2 N–H and O–H groups in total. The van der Waals surface area contributed by atoms with Crippen molar-refractivity contribution >= 4 is 11.7 Å². The molecule has 1 aliphatic rings. The van der Waals surface area contributed by atoms with E-state index >= 15 is 0 Å². The van der Waals surface area contributed by atoms with Crippen molar-refractivity contribution in [2.75, 3.05) is 12.0 Å². The number of carboxylic acid groups (broad SMARTS) is 1. The Morgan fingerprint density at radius 2 is 2.38 bits per heavy atom. The molecule has 0 fully saturated rings. The fourth-order valence-electron chi connectivity index (χ4n) is 1.29. The number of rotatable bonds is 1. The summed E-state index contributed by atoms with van der Waals surface area (Å²) in [6.07, 6.45) is 0. The number of nitrogens with one attached hydrogen (secondary N) is 1. The van der Waals surface area contributed by atoms with Gasteiger partial charge in [0.15, 0.2) is 0 Å². The number of fused-ring (bicyclic) bond motifs is 1. The van der Waals surface area contributed by atoms with E-state index in [0.29, 0.717) is 18.9 Å². The van der Waals surface area contributed by atoms with Crippen LogP contribution in [0.3, 0.4) is 0 Å². The number of ether oxygens (including phenoxy) is 1. The fraction of sp³-hybridized carbons (Fsp3) is 0.222. The van der Waals surface area contributed by atoms with Gasteiger partial charge >= 0.3 is 5.97 Å². The zero-order chi connectivity index (χ0) is 9.26. The molecule has 0 saturated heterocycles. The molecule has 1 aromatic rings. The molecule has 0 aliphatic carbocycles. The Balaban J connectivity index is 2.40. The van der Waals surface area contributed by atoms with E-state index in [1.807, 2.05) is 0 Å². The van der Waals surface area contributed by atoms with Gasteiger partial charge in [0.25, 0.3) is 0 Å². The van der Waals surface area contributed by atoms with Gasteiger partial charge in [0, 0.05) is 11.3 Å². The fourth-order valence-corrected chi connectivity index (χ4v) is 1.29. The lowest BCUT2D eigenvalue weighted by Gasteiger charge is -2.18. The first-order chi connectivity index (χ1) is 6.27. The number of carbonyl (C=O) groups is 1. The number of hydrogen-bond acceptors (Lipinski definition) is 3. The highest BCUT2D eigenvalue weighted by Crippen LogP contribution is 2.21. The minimum Gasteiger partial charge on any atom is -0.478 e. The van der Waals surface area contributed by atoms with Crippen LogP contribution in [-0.2, 0) is 11.3 Å². The number of carboxylic acids is 1. The van der Waals surface area contributed by atoms with Crippen molar-refractivity contribution in [3.05, 3.63) is 29.3 Å². The van der Waals surface area contributed by atoms with Gasteiger partial charge in [-0.25, -0.2) is 4.79 Å². The van der Waals surface area contributed by atoms with Crippen molar-refractivity contribution in [3.8, 4) is 0 Å². The molecule has 1 aliphatic heterocycles. The topological polar surface area (TPSA) is 58.6 Å². The highest BCUT2D eigenvalue weighted by atomic mass is 16.5. The van der Waals surface area contributed by atoms with Crippen LogP contribution in [0.2, 0.25) is 0 Å². The van der Waals surface area contributed by atoms with E-state index in [2.05, 4.69) is 5.32 Å².